The summed E-state index contributed by atoms with van der Waals surface area (Å²) < 4.78 is 37.1. The Morgan fingerprint density at radius 1 is 1.21 bits per heavy atom. The first-order valence-corrected chi connectivity index (χ1v) is 6.01. The van der Waals surface area contributed by atoms with Crippen LogP contribution < -0.4 is 0 Å². The Labute approximate surface area is 109 Å². The zero-order valence-electron chi connectivity index (χ0n) is 11.1. The zero-order chi connectivity index (χ0) is 15.0. The van der Waals surface area contributed by atoms with Crippen LogP contribution in [0.5, 0.6) is 0 Å². The van der Waals surface area contributed by atoms with Crippen molar-refractivity contribution in [3.8, 4) is 0 Å². The quantitative estimate of drug-likeness (QED) is 0.843. The van der Waals surface area contributed by atoms with Crippen molar-refractivity contribution in [3.63, 3.8) is 0 Å². The lowest BCUT2D eigenvalue weighted by Crippen LogP contribution is -2.40. The first kappa shape index (κ1) is 15.8. The van der Waals surface area contributed by atoms with Crippen LogP contribution in [-0.4, -0.2) is 41.1 Å². The molecule has 1 amide bonds. The Hall–Kier alpha value is -1.27. The number of alkyl halides is 3. The smallest absolute Gasteiger partial charge is 0.471 e. The average molecular weight is 281 g/mol. The summed E-state index contributed by atoms with van der Waals surface area (Å²) in [6.45, 7) is 5.15. The minimum Gasteiger partial charge on any atom is -0.481 e. The number of carbonyl (C=O) groups is 2. The van der Waals surface area contributed by atoms with Gasteiger partial charge in [-0.2, -0.15) is 13.2 Å². The number of amides is 1. The highest BCUT2D eigenvalue weighted by Gasteiger charge is 2.49. The molecule has 1 saturated heterocycles. The monoisotopic (exact) mass is 281 g/mol. The molecule has 1 aliphatic rings. The minimum absolute atomic E-state index is 0.146. The van der Waals surface area contributed by atoms with Crippen molar-refractivity contribution in [3.05, 3.63) is 0 Å². The molecule has 0 saturated carbocycles. The zero-order valence-corrected chi connectivity index (χ0v) is 11.1. The van der Waals surface area contributed by atoms with E-state index in [1.807, 2.05) is 20.8 Å². The number of hydrogen-bond acceptors (Lipinski definition) is 2. The summed E-state index contributed by atoms with van der Waals surface area (Å²) in [5, 5.41) is 9.06. The first-order valence-electron chi connectivity index (χ1n) is 6.01. The van der Waals surface area contributed by atoms with Crippen LogP contribution in [0.2, 0.25) is 0 Å². The largest absolute Gasteiger partial charge is 0.481 e. The molecule has 0 aliphatic carbocycles. The molecule has 0 aromatic carbocycles. The van der Waals surface area contributed by atoms with Crippen LogP contribution in [-0.2, 0) is 9.59 Å². The van der Waals surface area contributed by atoms with Gasteiger partial charge in [0.15, 0.2) is 0 Å². The molecule has 1 heterocycles. The van der Waals surface area contributed by atoms with Gasteiger partial charge in [-0.05, 0) is 17.8 Å². The van der Waals surface area contributed by atoms with Gasteiger partial charge >= 0.3 is 18.1 Å². The van der Waals surface area contributed by atoms with E-state index < -0.39 is 29.9 Å². The molecule has 0 aromatic rings. The highest BCUT2D eigenvalue weighted by molar-refractivity contribution is 5.83. The van der Waals surface area contributed by atoms with Gasteiger partial charge < -0.3 is 10.0 Å². The van der Waals surface area contributed by atoms with Gasteiger partial charge in [0.2, 0.25) is 0 Å². The highest BCUT2D eigenvalue weighted by atomic mass is 19.4. The molecule has 19 heavy (non-hydrogen) atoms. The molecule has 1 aliphatic heterocycles. The highest BCUT2D eigenvalue weighted by Crippen LogP contribution is 2.35. The van der Waals surface area contributed by atoms with Crippen molar-refractivity contribution < 1.29 is 27.9 Å². The number of carboxylic acid groups (broad SMARTS) is 1. The van der Waals surface area contributed by atoms with Gasteiger partial charge in [-0.1, -0.05) is 20.8 Å². The predicted octanol–water partition coefficient (Wildman–Crippen LogP) is 2.14. The molecular formula is C12H18F3NO3. The summed E-state index contributed by atoms with van der Waals surface area (Å²) in [7, 11) is 0. The third kappa shape index (κ3) is 4.11. The Morgan fingerprint density at radius 3 is 2.11 bits per heavy atom. The third-order valence-corrected chi connectivity index (χ3v) is 3.16. The molecule has 1 N–H and O–H groups in total. The van der Waals surface area contributed by atoms with Crippen molar-refractivity contribution >= 4 is 11.9 Å². The number of nitrogens with zero attached hydrogens (tertiary/aromatic N) is 1. The Morgan fingerprint density at radius 2 is 1.74 bits per heavy atom. The van der Waals surface area contributed by atoms with Crippen molar-refractivity contribution in [2.75, 3.05) is 13.1 Å². The maximum atomic E-state index is 12.4. The molecule has 7 heteroatoms. The van der Waals surface area contributed by atoms with Crippen LogP contribution in [0.1, 0.15) is 27.2 Å². The van der Waals surface area contributed by atoms with Crippen LogP contribution in [0.4, 0.5) is 13.2 Å². The van der Waals surface area contributed by atoms with E-state index in [-0.39, 0.29) is 18.5 Å². The van der Waals surface area contributed by atoms with E-state index in [0.29, 0.717) is 11.3 Å². The van der Waals surface area contributed by atoms with Crippen LogP contribution in [0.15, 0.2) is 0 Å². The molecule has 1 rings (SSSR count). The molecule has 0 spiro atoms. The van der Waals surface area contributed by atoms with Gasteiger partial charge in [-0.3, -0.25) is 9.59 Å². The third-order valence-electron chi connectivity index (χ3n) is 3.16. The number of carbonyl (C=O) groups excluding carboxylic acids is 1. The topological polar surface area (TPSA) is 57.6 Å². The van der Waals surface area contributed by atoms with Crippen LogP contribution in [0, 0.1) is 17.3 Å². The minimum atomic E-state index is -4.94. The van der Waals surface area contributed by atoms with E-state index in [0.717, 1.165) is 0 Å². The van der Waals surface area contributed by atoms with E-state index >= 15 is 0 Å². The number of halogens is 3. The lowest BCUT2D eigenvalue weighted by Gasteiger charge is -2.25. The summed E-state index contributed by atoms with van der Waals surface area (Å²) in [5.41, 5.74) is -0.199. The molecule has 0 radical (unpaired) electrons. The van der Waals surface area contributed by atoms with Crippen molar-refractivity contribution in [1.82, 2.24) is 4.90 Å². The lowest BCUT2D eigenvalue weighted by atomic mass is 9.80. The van der Waals surface area contributed by atoms with Gasteiger partial charge in [0.25, 0.3) is 0 Å². The number of hydrogen-bond donors (Lipinski definition) is 1. The summed E-state index contributed by atoms with van der Waals surface area (Å²) in [6, 6.07) is 0. The summed E-state index contributed by atoms with van der Waals surface area (Å²) in [5.74, 6) is -4.46. The Bertz CT molecular complexity index is 373. The van der Waals surface area contributed by atoms with E-state index in [4.69, 9.17) is 5.11 Å². The van der Waals surface area contributed by atoms with Gasteiger partial charge in [-0.15, -0.1) is 0 Å². The standard InChI is InChI=1S/C12H18F3NO3/c1-11(2,3)4-7-5-16(6-8(7)9(17)18)10(19)12(13,14)15/h7-8H,4-6H2,1-3H3,(H,17,18)/t7-,8-/m1/s1. The fourth-order valence-electron chi connectivity index (χ4n) is 2.49. The SMILES string of the molecule is CC(C)(C)C[C@@H]1CN(C(=O)C(F)(F)F)C[C@H]1C(=O)O. The van der Waals surface area contributed by atoms with E-state index in [1.165, 1.54) is 0 Å². The van der Waals surface area contributed by atoms with Crippen LogP contribution >= 0.6 is 0 Å². The molecule has 110 valence electrons. The summed E-state index contributed by atoms with van der Waals surface area (Å²) in [6.07, 6.45) is -4.48. The van der Waals surface area contributed by atoms with Gasteiger partial charge in [0, 0.05) is 13.1 Å². The molecule has 4 nitrogen and oxygen atoms in total. The lowest BCUT2D eigenvalue weighted by molar-refractivity contribution is -0.184. The number of likely N-dealkylation sites (tertiary alicyclic amines) is 1. The number of carboxylic acids is 1. The predicted molar refractivity (Wildman–Crippen MR) is 61.3 cm³/mol. The van der Waals surface area contributed by atoms with E-state index in [1.54, 1.807) is 0 Å². The maximum absolute atomic E-state index is 12.4. The summed E-state index contributed by atoms with van der Waals surface area (Å²) in [4.78, 5) is 22.9. The first-order chi connectivity index (χ1) is 8.42. The summed E-state index contributed by atoms with van der Waals surface area (Å²) >= 11 is 0. The number of rotatable bonds is 2. The normalized spacial score (nSPS) is 24.6. The molecule has 2 atom stereocenters. The number of aliphatic carboxylic acids is 1. The second-order valence-electron chi connectivity index (χ2n) is 6.18. The van der Waals surface area contributed by atoms with Crippen molar-refractivity contribution in [2.45, 2.75) is 33.4 Å². The van der Waals surface area contributed by atoms with Crippen molar-refractivity contribution in [1.29, 1.82) is 0 Å². The van der Waals surface area contributed by atoms with Gasteiger partial charge in [0.05, 0.1) is 5.92 Å². The fourth-order valence-corrected chi connectivity index (χ4v) is 2.49. The Balaban J connectivity index is 2.84. The van der Waals surface area contributed by atoms with Gasteiger partial charge in [-0.25, -0.2) is 0 Å². The second kappa shape index (κ2) is 5.02. The average Bonchev–Trinajstić information content (AvgIpc) is 2.56. The fraction of sp³-hybridized carbons (Fsp3) is 0.833. The van der Waals surface area contributed by atoms with E-state index in [9.17, 15) is 22.8 Å². The molecule has 0 aromatic heterocycles. The molecule has 0 bridgehead atoms. The second-order valence-corrected chi connectivity index (χ2v) is 6.18. The molecular weight excluding hydrogens is 263 g/mol. The van der Waals surface area contributed by atoms with Crippen molar-refractivity contribution in [2.24, 2.45) is 17.3 Å². The van der Waals surface area contributed by atoms with Crippen LogP contribution in [0.3, 0.4) is 0 Å². The van der Waals surface area contributed by atoms with Gasteiger partial charge in [0.1, 0.15) is 0 Å². The van der Waals surface area contributed by atoms with E-state index in [2.05, 4.69) is 0 Å². The molecule has 0 unspecified atom stereocenters. The van der Waals surface area contributed by atoms with Crippen LogP contribution in [0.25, 0.3) is 0 Å². The maximum Gasteiger partial charge on any atom is 0.471 e. The molecule has 1 fully saturated rings. The Kier molecular flexibility index (Phi) is 4.17.